The molecule has 1 N–H and O–H groups in total. The lowest BCUT2D eigenvalue weighted by atomic mass is 9.82. The number of benzene rings is 1. The number of carboxylic acid groups (broad SMARTS) is 1. The Morgan fingerprint density at radius 2 is 1.84 bits per heavy atom. The Kier molecular flexibility index (Phi) is 4.75. The fraction of sp³-hybridized carbons (Fsp3) is 0.562. The van der Waals surface area contributed by atoms with E-state index in [2.05, 4.69) is 36.9 Å². The zero-order valence-corrected chi connectivity index (χ0v) is 12.8. The van der Waals surface area contributed by atoms with Gasteiger partial charge >= 0.3 is 5.97 Å². The molecule has 1 atom stereocenters. The fourth-order valence-electron chi connectivity index (χ4n) is 2.14. The first-order valence-corrected chi connectivity index (χ1v) is 6.62. The van der Waals surface area contributed by atoms with Gasteiger partial charge in [-0.3, -0.25) is 4.79 Å². The number of rotatable bonds is 5. The largest absolute Gasteiger partial charge is 0.481 e. The summed E-state index contributed by atoms with van der Waals surface area (Å²) in [6, 6.07) is 6.49. The SMILES string of the molecule is Cc1ccc(C(CC(C)(C)C(=O)O)N(C)C)cc1C. The third-order valence-corrected chi connectivity index (χ3v) is 3.82. The normalized spacial score (nSPS) is 13.6. The van der Waals surface area contributed by atoms with E-state index in [1.165, 1.54) is 16.7 Å². The van der Waals surface area contributed by atoms with Crippen LogP contribution in [0.25, 0.3) is 0 Å². The Balaban J connectivity index is 3.08. The van der Waals surface area contributed by atoms with Gasteiger partial charge in [0.2, 0.25) is 0 Å². The van der Waals surface area contributed by atoms with Gasteiger partial charge in [0.1, 0.15) is 0 Å². The number of hydrogen-bond donors (Lipinski definition) is 1. The minimum Gasteiger partial charge on any atom is -0.481 e. The van der Waals surface area contributed by atoms with Crippen LogP contribution in [-0.2, 0) is 4.79 Å². The van der Waals surface area contributed by atoms with Gasteiger partial charge in [0, 0.05) is 6.04 Å². The quantitative estimate of drug-likeness (QED) is 0.885. The number of hydrogen-bond acceptors (Lipinski definition) is 2. The molecule has 0 saturated heterocycles. The van der Waals surface area contributed by atoms with E-state index in [0.717, 1.165) is 0 Å². The molecular weight excluding hydrogens is 238 g/mol. The molecule has 0 bridgehead atoms. The molecule has 0 aliphatic heterocycles. The van der Waals surface area contributed by atoms with Gasteiger partial charge in [-0.15, -0.1) is 0 Å². The average Bonchev–Trinajstić information content (AvgIpc) is 2.29. The predicted molar refractivity (Wildman–Crippen MR) is 78.4 cm³/mol. The standard InChI is InChI=1S/C16H25NO2/c1-11-7-8-13(9-12(11)2)14(17(5)6)10-16(3,4)15(18)19/h7-9,14H,10H2,1-6H3,(H,18,19). The van der Waals surface area contributed by atoms with Crippen molar-refractivity contribution < 1.29 is 9.90 Å². The number of aliphatic carboxylic acids is 1. The smallest absolute Gasteiger partial charge is 0.309 e. The summed E-state index contributed by atoms with van der Waals surface area (Å²) in [6.07, 6.45) is 0.595. The van der Waals surface area contributed by atoms with Crippen LogP contribution in [0.4, 0.5) is 0 Å². The second-order valence-corrected chi connectivity index (χ2v) is 6.22. The maximum absolute atomic E-state index is 11.3. The van der Waals surface area contributed by atoms with Crippen molar-refractivity contribution in [2.24, 2.45) is 5.41 Å². The Morgan fingerprint density at radius 1 is 1.26 bits per heavy atom. The predicted octanol–water partition coefficient (Wildman–Crippen LogP) is 3.41. The molecule has 3 heteroatoms. The molecule has 1 aromatic rings. The van der Waals surface area contributed by atoms with Crippen LogP contribution in [0.5, 0.6) is 0 Å². The summed E-state index contributed by atoms with van der Waals surface area (Å²) < 4.78 is 0. The molecular formula is C16H25NO2. The summed E-state index contributed by atoms with van der Waals surface area (Å²) >= 11 is 0. The van der Waals surface area contributed by atoms with Crippen molar-refractivity contribution in [2.75, 3.05) is 14.1 Å². The molecule has 106 valence electrons. The van der Waals surface area contributed by atoms with Crippen LogP contribution >= 0.6 is 0 Å². The minimum atomic E-state index is -0.747. The van der Waals surface area contributed by atoms with E-state index in [-0.39, 0.29) is 6.04 Å². The molecule has 0 amide bonds. The van der Waals surface area contributed by atoms with Gasteiger partial charge in [-0.05, 0) is 64.9 Å². The van der Waals surface area contributed by atoms with E-state index < -0.39 is 11.4 Å². The van der Waals surface area contributed by atoms with Crippen LogP contribution < -0.4 is 0 Å². The van der Waals surface area contributed by atoms with E-state index in [1.54, 1.807) is 13.8 Å². The van der Waals surface area contributed by atoms with Crippen LogP contribution in [0, 0.1) is 19.3 Å². The first kappa shape index (κ1) is 15.7. The Morgan fingerprint density at radius 3 is 2.26 bits per heavy atom. The highest BCUT2D eigenvalue weighted by molar-refractivity contribution is 5.73. The van der Waals surface area contributed by atoms with Crippen LogP contribution in [0.3, 0.4) is 0 Å². The molecule has 19 heavy (non-hydrogen) atoms. The fourth-order valence-corrected chi connectivity index (χ4v) is 2.14. The van der Waals surface area contributed by atoms with E-state index >= 15 is 0 Å². The van der Waals surface area contributed by atoms with Crippen molar-refractivity contribution in [2.45, 2.75) is 40.2 Å². The molecule has 0 spiro atoms. The molecule has 1 rings (SSSR count). The maximum Gasteiger partial charge on any atom is 0.309 e. The first-order chi connectivity index (χ1) is 8.65. The molecule has 1 aromatic carbocycles. The summed E-state index contributed by atoms with van der Waals surface area (Å²) in [4.78, 5) is 13.4. The highest BCUT2D eigenvalue weighted by Crippen LogP contribution is 2.33. The van der Waals surface area contributed by atoms with Crippen molar-refractivity contribution in [3.63, 3.8) is 0 Å². The highest BCUT2D eigenvalue weighted by Gasteiger charge is 2.32. The Hall–Kier alpha value is -1.35. The molecule has 3 nitrogen and oxygen atoms in total. The lowest BCUT2D eigenvalue weighted by Crippen LogP contribution is -2.31. The zero-order valence-electron chi connectivity index (χ0n) is 12.8. The van der Waals surface area contributed by atoms with Crippen LogP contribution in [0.2, 0.25) is 0 Å². The number of carboxylic acids is 1. The molecule has 0 aromatic heterocycles. The number of nitrogens with zero attached hydrogens (tertiary/aromatic N) is 1. The maximum atomic E-state index is 11.3. The van der Waals surface area contributed by atoms with Crippen molar-refractivity contribution in [1.82, 2.24) is 4.90 Å². The van der Waals surface area contributed by atoms with Crippen molar-refractivity contribution in [1.29, 1.82) is 0 Å². The molecule has 0 heterocycles. The molecule has 0 aliphatic rings. The van der Waals surface area contributed by atoms with Gasteiger partial charge in [0.05, 0.1) is 5.41 Å². The third kappa shape index (κ3) is 3.80. The Bertz CT molecular complexity index is 464. The van der Waals surface area contributed by atoms with Gasteiger partial charge < -0.3 is 10.0 Å². The van der Waals surface area contributed by atoms with Gasteiger partial charge in [-0.25, -0.2) is 0 Å². The van der Waals surface area contributed by atoms with E-state index in [4.69, 9.17) is 0 Å². The number of carbonyl (C=O) groups is 1. The van der Waals surface area contributed by atoms with E-state index in [0.29, 0.717) is 6.42 Å². The highest BCUT2D eigenvalue weighted by atomic mass is 16.4. The van der Waals surface area contributed by atoms with Crippen molar-refractivity contribution in [3.05, 3.63) is 34.9 Å². The van der Waals surface area contributed by atoms with Gasteiger partial charge in [-0.1, -0.05) is 18.2 Å². The van der Waals surface area contributed by atoms with Crippen molar-refractivity contribution in [3.8, 4) is 0 Å². The lowest BCUT2D eigenvalue weighted by molar-refractivity contribution is -0.148. The second kappa shape index (κ2) is 5.74. The molecule has 0 fully saturated rings. The summed E-state index contributed by atoms with van der Waals surface area (Å²) in [5, 5.41) is 9.30. The first-order valence-electron chi connectivity index (χ1n) is 6.62. The molecule has 1 unspecified atom stereocenters. The number of aryl methyl sites for hydroxylation is 2. The monoisotopic (exact) mass is 263 g/mol. The summed E-state index contributed by atoms with van der Waals surface area (Å²) in [6.45, 7) is 7.75. The van der Waals surface area contributed by atoms with Crippen molar-refractivity contribution >= 4 is 5.97 Å². The summed E-state index contributed by atoms with van der Waals surface area (Å²) in [5.41, 5.74) is 2.96. The van der Waals surface area contributed by atoms with Crippen LogP contribution in [0.1, 0.15) is 43.0 Å². The second-order valence-electron chi connectivity index (χ2n) is 6.22. The average molecular weight is 263 g/mol. The summed E-state index contributed by atoms with van der Waals surface area (Å²) in [5.74, 6) is -0.747. The molecule has 0 radical (unpaired) electrons. The molecule has 0 aliphatic carbocycles. The van der Waals surface area contributed by atoms with E-state index in [1.807, 2.05) is 14.1 Å². The van der Waals surface area contributed by atoms with Crippen LogP contribution in [0.15, 0.2) is 18.2 Å². The third-order valence-electron chi connectivity index (χ3n) is 3.82. The Labute approximate surface area is 116 Å². The molecule has 0 saturated carbocycles. The lowest BCUT2D eigenvalue weighted by Gasteiger charge is -2.31. The minimum absolute atomic E-state index is 0.116. The zero-order chi connectivity index (χ0) is 14.8. The topological polar surface area (TPSA) is 40.5 Å². The van der Waals surface area contributed by atoms with Crippen LogP contribution in [-0.4, -0.2) is 30.1 Å². The van der Waals surface area contributed by atoms with Gasteiger partial charge in [0.15, 0.2) is 0 Å². The van der Waals surface area contributed by atoms with Gasteiger partial charge in [0.25, 0.3) is 0 Å². The summed E-state index contributed by atoms with van der Waals surface area (Å²) in [7, 11) is 4.00. The van der Waals surface area contributed by atoms with Gasteiger partial charge in [-0.2, -0.15) is 0 Å². The van der Waals surface area contributed by atoms with E-state index in [9.17, 15) is 9.90 Å².